The van der Waals surface area contributed by atoms with Crippen molar-refractivity contribution in [2.45, 2.75) is 12.4 Å². The van der Waals surface area contributed by atoms with E-state index in [1.54, 1.807) is 31.2 Å². The standard InChI is InChI=1S/C8H11NO2S/c1-6(10)12-11-8-4-2-7(9)3-5-8/h2-6,10H,9H2,1H3. The highest BCUT2D eigenvalue weighted by Gasteiger charge is 1.98. The zero-order valence-corrected chi connectivity index (χ0v) is 7.54. The molecular formula is C8H11NO2S. The first-order valence-electron chi connectivity index (χ1n) is 3.55. The van der Waals surface area contributed by atoms with Crippen LogP contribution in [0.2, 0.25) is 0 Å². The second-order valence-electron chi connectivity index (χ2n) is 2.35. The molecule has 0 aliphatic carbocycles. The minimum atomic E-state index is -0.525. The Kier molecular flexibility index (Phi) is 3.25. The van der Waals surface area contributed by atoms with Gasteiger partial charge in [0.15, 0.2) is 0 Å². The molecule has 1 unspecified atom stereocenters. The van der Waals surface area contributed by atoms with Gasteiger partial charge >= 0.3 is 0 Å². The summed E-state index contributed by atoms with van der Waals surface area (Å²) in [5, 5.41) is 8.88. The third-order valence-electron chi connectivity index (χ3n) is 1.16. The predicted molar refractivity (Wildman–Crippen MR) is 50.8 cm³/mol. The summed E-state index contributed by atoms with van der Waals surface area (Å²) in [4.78, 5) is 0. The van der Waals surface area contributed by atoms with E-state index in [1.165, 1.54) is 0 Å². The van der Waals surface area contributed by atoms with Gasteiger partial charge in [-0.2, -0.15) is 0 Å². The Hall–Kier alpha value is -0.870. The lowest BCUT2D eigenvalue weighted by Gasteiger charge is -2.05. The quantitative estimate of drug-likeness (QED) is 0.427. The summed E-state index contributed by atoms with van der Waals surface area (Å²) < 4.78 is 5.13. The van der Waals surface area contributed by atoms with Gasteiger partial charge in [0, 0.05) is 5.69 Å². The molecule has 12 heavy (non-hydrogen) atoms. The maximum atomic E-state index is 8.88. The number of nitrogen functional groups attached to an aromatic ring is 1. The van der Waals surface area contributed by atoms with Gasteiger partial charge in [-0.3, -0.25) is 0 Å². The van der Waals surface area contributed by atoms with Gasteiger partial charge in [0.2, 0.25) is 0 Å². The second-order valence-corrected chi connectivity index (χ2v) is 3.39. The van der Waals surface area contributed by atoms with Crippen LogP contribution in [-0.2, 0) is 0 Å². The normalized spacial score (nSPS) is 12.5. The van der Waals surface area contributed by atoms with Gasteiger partial charge in [0.25, 0.3) is 0 Å². The molecule has 0 aliphatic rings. The molecule has 3 nitrogen and oxygen atoms in total. The first-order chi connectivity index (χ1) is 5.68. The number of hydrogen-bond donors (Lipinski definition) is 2. The van der Waals surface area contributed by atoms with E-state index in [-0.39, 0.29) is 0 Å². The zero-order valence-electron chi connectivity index (χ0n) is 6.73. The molecule has 0 saturated heterocycles. The fraction of sp³-hybridized carbons (Fsp3) is 0.250. The molecule has 0 fully saturated rings. The maximum absolute atomic E-state index is 8.88. The van der Waals surface area contributed by atoms with E-state index in [0.29, 0.717) is 11.4 Å². The van der Waals surface area contributed by atoms with E-state index in [2.05, 4.69) is 0 Å². The van der Waals surface area contributed by atoms with E-state index in [0.717, 1.165) is 12.0 Å². The Bertz CT molecular complexity index is 235. The van der Waals surface area contributed by atoms with Crippen molar-refractivity contribution >= 4 is 17.7 Å². The van der Waals surface area contributed by atoms with Crippen LogP contribution in [0, 0.1) is 0 Å². The summed E-state index contributed by atoms with van der Waals surface area (Å²) in [7, 11) is 0. The van der Waals surface area contributed by atoms with Crippen LogP contribution in [0.4, 0.5) is 5.69 Å². The van der Waals surface area contributed by atoms with Gasteiger partial charge in [0.1, 0.15) is 11.2 Å². The van der Waals surface area contributed by atoms with E-state index < -0.39 is 5.44 Å². The van der Waals surface area contributed by atoms with Gasteiger partial charge in [0.05, 0.1) is 12.0 Å². The highest BCUT2D eigenvalue weighted by atomic mass is 32.2. The van der Waals surface area contributed by atoms with Crippen molar-refractivity contribution in [1.29, 1.82) is 0 Å². The lowest BCUT2D eigenvalue weighted by molar-refractivity contribution is 0.277. The number of aliphatic hydroxyl groups excluding tert-OH is 1. The Labute approximate surface area is 75.7 Å². The Morgan fingerprint density at radius 2 is 2.00 bits per heavy atom. The monoisotopic (exact) mass is 185 g/mol. The van der Waals surface area contributed by atoms with Crippen LogP contribution in [0.1, 0.15) is 6.92 Å². The van der Waals surface area contributed by atoms with Crippen LogP contribution < -0.4 is 9.92 Å². The molecule has 1 aromatic rings. The number of nitrogens with two attached hydrogens (primary N) is 1. The summed E-state index contributed by atoms with van der Waals surface area (Å²) in [6, 6.07) is 7.01. The lowest BCUT2D eigenvalue weighted by Crippen LogP contribution is -1.95. The number of hydrogen-bond acceptors (Lipinski definition) is 4. The van der Waals surface area contributed by atoms with Crippen LogP contribution in [0.25, 0.3) is 0 Å². The Morgan fingerprint density at radius 3 is 2.50 bits per heavy atom. The molecule has 0 radical (unpaired) electrons. The van der Waals surface area contributed by atoms with Crippen molar-refractivity contribution in [3.8, 4) is 5.75 Å². The molecule has 1 aromatic carbocycles. The molecule has 0 bridgehead atoms. The average molecular weight is 185 g/mol. The Morgan fingerprint density at radius 1 is 1.42 bits per heavy atom. The predicted octanol–water partition coefficient (Wildman–Crippen LogP) is 1.63. The summed E-state index contributed by atoms with van der Waals surface area (Å²) in [6.07, 6.45) is 0. The van der Waals surface area contributed by atoms with Crippen molar-refractivity contribution in [2.75, 3.05) is 5.73 Å². The molecule has 3 N–H and O–H groups in total. The third kappa shape index (κ3) is 3.02. The van der Waals surface area contributed by atoms with Crippen LogP contribution in [0.15, 0.2) is 24.3 Å². The minimum absolute atomic E-state index is 0.525. The number of aliphatic hydroxyl groups is 1. The molecule has 0 aliphatic heterocycles. The van der Waals surface area contributed by atoms with Crippen molar-refractivity contribution in [1.82, 2.24) is 0 Å². The van der Waals surface area contributed by atoms with Gasteiger partial charge in [-0.25, -0.2) is 0 Å². The first kappa shape index (κ1) is 9.22. The van der Waals surface area contributed by atoms with Crippen LogP contribution in [0.5, 0.6) is 5.75 Å². The molecule has 0 saturated carbocycles. The second kappa shape index (κ2) is 4.23. The smallest absolute Gasteiger partial charge is 0.137 e. The zero-order chi connectivity index (χ0) is 8.97. The molecule has 0 aromatic heterocycles. The van der Waals surface area contributed by atoms with Crippen molar-refractivity contribution in [3.05, 3.63) is 24.3 Å². The fourth-order valence-corrected chi connectivity index (χ4v) is 1.01. The van der Waals surface area contributed by atoms with Crippen LogP contribution >= 0.6 is 12.0 Å². The molecular weight excluding hydrogens is 174 g/mol. The van der Waals surface area contributed by atoms with Crippen LogP contribution in [0.3, 0.4) is 0 Å². The van der Waals surface area contributed by atoms with Crippen molar-refractivity contribution in [2.24, 2.45) is 0 Å². The molecule has 1 atom stereocenters. The SMILES string of the molecule is CC(O)SOc1ccc(N)cc1. The number of benzene rings is 1. The first-order valence-corrected chi connectivity index (χ1v) is 4.36. The van der Waals surface area contributed by atoms with Crippen LogP contribution in [-0.4, -0.2) is 10.5 Å². The minimum Gasteiger partial charge on any atom is -0.423 e. The molecule has 0 spiro atoms. The summed E-state index contributed by atoms with van der Waals surface area (Å²) in [5.41, 5.74) is 5.64. The third-order valence-corrected chi connectivity index (χ3v) is 1.73. The molecule has 4 heteroatoms. The van der Waals surface area contributed by atoms with Gasteiger partial charge in [-0.05, 0) is 31.2 Å². The number of anilines is 1. The fourth-order valence-electron chi connectivity index (χ4n) is 0.649. The molecule has 1 rings (SSSR count). The highest BCUT2D eigenvalue weighted by Crippen LogP contribution is 2.19. The van der Waals surface area contributed by atoms with E-state index in [4.69, 9.17) is 15.0 Å². The Balaban J connectivity index is 2.48. The van der Waals surface area contributed by atoms with E-state index >= 15 is 0 Å². The van der Waals surface area contributed by atoms with E-state index in [1.807, 2.05) is 0 Å². The number of rotatable bonds is 3. The largest absolute Gasteiger partial charge is 0.423 e. The van der Waals surface area contributed by atoms with E-state index in [9.17, 15) is 0 Å². The lowest BCUT2D eigenvalue weighted by atomic mass is 10.3. The van der Waals surface area contributed by atoms with Gasteiger partial charge in [-0.15, -0.1) is 0 Å². The molecule has 0 amide bonds. The summed E-state index contributed by atoms with van der Waals surface area (Å²) in [6.45, 7) is 1.64. The van der Waals surface area contributed by atoms with Gasteiger partial charge in [-0.1, -0.05) is 0 Å². The topological polar surface area (TPSA) is 55.5 Å². The molecule has 0 heterocycles. The average Bonchev–Trinajstić information content (AvgIpc) is 2.03. The highest BCUT2D eigenvalue weighted by molar-refractivity contribution is 7.95. The molecule has 66 valence electrons. The van der Waals surface area contributed by atoms with Crippen molar-refractivity contribution in [3.63, 3.8) is 0 Å². The summed E-state index contributed by atoms with van der Waals surface area (Å²) in [5.74, 6) is 0.690. The summed E-state index contributed by atoms with van der Waals surface area (Å²) >= 11 is 1.00. The maximum Gasteiger partial charge on any atom is 0.137 e. The van der Waals surface area contributed by atoms with Gasteiger partial charge < -0.3 is 15.0 Å². The van der Waals surface area contributed by atoms with Crippen molar-refractivity contribution < 1.29 is 9.29 Å².